The number of hydrogen-bond donors (Lipinski definition) is 0. The van der Waals surface area contributed by atoms with Gasteiger partial charge in [-0.1, -0.05) is 54.6 Å². The number of rotatable bonds is 5. The largest absolute Gasteiger partial charge is 0.341 e. The predicted octanol–water partition coefficient (Wildman–Crippen LogP) is 5.26. The number of carbonyl (C=O) groups excluding carboxylic acids is 2. The lowest BCUT2D eigenvalue weighted by atomic mass is 9.89. The van der Waals surface area contributed by atoms with Crippen LogP contribution in [-0.2, 0) is 16.0 Å². The van der Waals surface area contributed by atoms with Crippen molar-refractivity contribution in [3.05, 3.63) is 93.2 Å². The highest BCUT2D eigenvalue weighted by molar-refractivity contribution is 7.10. The van der Waals surface area contributed by atoms with E-state index >= 15 is 0 Å². The average molecular weight is 528 g/mol. The highest BCUT2D eigenvalue weighted by Crippen LogP contribution is 2.48. The van der Waals surface area contributed by atoms with Crippen LogP contribution in [0.5, 0.6) is 0 Å². The van der Waals surface area contributed by atoms with E-state index in [4.69, 9.17) is 0 Å². The molecule has 1 aliphatic carbocycles. The normalized spacial score (nSPS) is 24.4. The van der Waals surface area contributed by atoms with Gasteiger partial charge in [-0.05, 0) is 72.7 Å². The van der Waals surface area contributed by atoms with Crippen molar-refractivity contribution in [2.75, 3.05) is 32.7 Å². The summed E-state index contributed by atoms with van der Waals surface area (Å²) in [6, 6.07) is 21.1. The third kappa shape index (κ3) is 4.80. The van der Waals surface area contributed by atoms with E-state index in [9.17, 15) is 9.59 Å². The van der Waals surface area contributed by atoms with Gasteiger partial charge in [0.25, 0.3) is 0 Å². The van der Waals surface area contributed by atoms with E-state index in [2.05, 4.69) is 78.7 Å². The second-order valence-electron chi connectivity index (χ2n) is 11.1. The van der Waals surface area contributed by atoms with Crippen LogP contribution in [0, 0.1) is 12.8 Å². The van der Waals surface area contributed by atoms with Crippen LogP contribution in [0.1, 0.15) is 58.9 Å². The number of benzene rings is 2. The summed E-state index contributed by atoms with van der Waals surface area (Å²) in [4.78, 5) is 35.1. The molecule has 3 aromatic rings. The lowest BCUT2D eigenvalue weighted by molar-refractivity contribution is -0.138. The number of carbonyl (C=O) groups is 2. The molecule has 6 heteroatoms. The topological polar surface area (TPSA) is 43.9 Å². The average Bonchev–Trinajstić information content (AvgIpc) is 3.67. The molecule has 6 rings (SSSR count). The minimum Gasteiger partial charge on any atom is -0.341 e. The Bertz CT molecular complexity index is 1300. The SMILES string of the molecule is Cc1ccccc1C1c2ccsc2CCN1C(C)C(=O)N1CCCN(C(=O)C2C[C@H]2c2ccccc2)CC1. The second kappa shape index (κ2) is 10.7. The number of hydrogen-bond acceptors (Lipinski definition) is 4. The molecule has 0 N–H and O–H groups in total. The van der Waals surface area contributed by atoms with Crippen molar-refractivity contribution in [2.45, 2.75) is 51.1 Å². The summed E-state index contributed by atoms with van der Waals surface area (Å²) in [6.07, 6.45) is 2.76. The van der Waals surface area contributed by atoms with Crippen LogP contribution in [0.25, 0.3) is 0 Å². The number of amides is 2. The Kier molecular flexibility index (Phi) is 7.10. The van der Waals surface area contributed by atoms with E-state index in [-0.39, 0.29) is 29.8 Å². The minimum absolute atomic E-state index is 0.0972. The third-order valence-electron chi connectivity index (χ3n) is 8.80. The standard InChI is InChI=1S/C32H37N3O2S/c1-22-9-6-7-12-25(22)30-26-14-20-38-29(26)13-17-35(30)23(2)31(36)33-15-8-16-34(19-18-33)32(37)28-21-27(28)24-10-4-3-5-11-24/h3-7,9-12,14,20,23,27-28,30H,8,13,15-19,21H2,1-2H3/t23?,27-,28?,30?/m0/s1. The van der Waals surface area contributed by atoms with Gasteiger partial charge < -0.3 is 9.80 Å². The molecule has 3 aliphatic rings. The van der Waals surface area contributed by atoms with Gasteiger partial charge in [0, 0.05) is 43.5 Å². The Morgan fingerprint density at radius 1 is 0.868 bits per heavy atom. The van der Waals surface area contributed by atoms with Crippen molar-refractivity contribution in [1.82, 2.24) is 14.7 Å². The zero-order valence-electron chi connectivity index (χ0n) is 22.4. The molecule has 2 aromatic carbocycles. The smallest absolute Gasteiger partial charge is 0.239 e. The molecule has 2 aliphatic heterocycles. The lowest BCUT2D eigenvalue weighted by Crippen LogP contribution is -2.51. The van der Waals surface area contributed by atoms with Gasteiger partial charge in [0.2, 0.25) is 11.8 Å². The van der Waals surface area contributed by atoms with Gasteiger partial charge in [0.15, 0.2) is 0 Å². The van der Waals surface area contributed by atoms with Gasteiger partial charge in [-0.15, -0.1) is 11.3 Å². The van der Waals surface area contributed by atoms with E-state index in [1.54, 1.807) is 0 Å². The van der Waals surface area contributed by atoms with E-state index in [1.807, 2.05) is 27.2 Å². The monoisotopic (exact) mass is 527 g/mol. The molecular weight excluding hydrogens is 490 g/mol. The molecule has 1 saturated carbocycles. The molecule has 38 heavy (non-hydrogen) atoms. The second-order valence-corrected chi connectivity index (χ2v) is 12.1. The van der Waals surface area contributed by atoms with Crippen LogP contribution in [0.3, 0.4) is 0 Å². The molecule has 3 unspecified atom stereocenters. The quantitative estimate of drug-likeness (QED) is 0.455. The Hall–Kier alpha value is -2.96. The minimum atomic E-state index is -0.221. The van der Waals surface area contributed by atoms with Crippen molar-refractivity contribution in [2.24, 2.45) is 5.92 Å². The fourth-order valence-corrected chi connectivity index (χ4v) is 7.43. The molecule has 1 saturated heterocycles. The Balaban J connectivity index is 1.14. The summed E-state index contributed by atoms with van der Waals surface area (Å²) < 4.78 is 0. The molecular formula is C32H37N3O2S. The van der Waals surface area contributed by atoms with Crippen LogP contribution in [0.4, 0.5) is 0 Å². The molecule has 3 heterocycles. The molecule has 2 fully saturated rings. The highest BCUT2D eigenvalue weighted by Gasteiger charge is 2.46. The third-order valence-corrected chi connectivity index (χ3v) is 9.79. The van der Waals surface area contributed by atoms with Crippen molar-refractivity contribution in [1.29, 1.82) is 0 Å². The lowest BCUT2D eigenvalue weighted by Gasteiger charge is -2.41. The van der Waals surface area contributed by atoms with Gasteiger partial charge in [-0.2, -0.15) is 0 Å². The highest BCUT2D eigenvalue weighted by atomic mass is 32.1. The molecule has 0 spiro atoms. The van der Waals surface area contributed by atoms with Gasteiger partial charge in [-0.25, -0.2) is 0 Å². The molecule has 0 bridgehead atoms. The van der Waals surface area contributed by atoms with E-state index in [0.717, 1.165) is 32.4 Å². The van der Waals surface area contributed by atoms with E-state index < -0.39 is 0 Å². The van der Waals surface area contributed by atoms with Crippen LogP contribution in [0.2, 0.25) is 0 Å². The molecule has 5 nitrogen and oxygen atoms in total. The van der Waals surface area contributed by atoms with E-state index in [1.165, 1.54) is 27.1 Å². The maximum absolute atomic E-state index is 13.9. The van der Waals surface area contributed by atoms with Gasteiger partial charge in [0.1, 0.15) is 0 Å². The van der Waals surface area contributed by atoms with Gasteiger partial charge >= 0.3 is 0 Å². The van der Waals surface area contributed by atoms with Crippen LogP contribution >= 0.6 is 11.3 Å². The first-order chi connectivity index (χ1) is 18.5. The molecule has 4 atom stereocenters. The Labute approximate surface area is 230 Å². The fraction of sp³-hybridized carbons (Fsp3) is 0.438. The first-order valence-electron chi connectivity index (χ1n) is 14.0. The molecule has 1 aromatic heterocycles. The predicted molar refractivity (Wildman–Crippen MR) is 152 cm³/mol. The van der Waals surface area contributed by atoms with Crippen LogP contribution in [0.15, 0.2) is 66.0 Å². The van der Waals surface area contributed by atoms with Crippen molar-refractivity contribution in [3.63, 3.8) is 0 Å². The summed E-state index contributed by atoms with van der Waals surface area (Å²) in [7, 11) is 0. The van der Waals surface area contributed by atoms with Gasteiger partial charge in [-0.3, -0.25) is 14.5 Å². The number of nitrogens with zero attached hydrogens (tertiary/aromatic N) is 3. The Morgan fingerprint density at radius 3 is 2.42 bits per heavy atom. The zero-order chi connectivity index (χ0) is 26.2. The van der Waals surface area contributed by atoms with Crippen molar-refractivity contribution < 1.29 is 9.59 Å². The first kappa shape index (κ1) is 25.3. The van der Waals surface area contributed by atoms with Gasteiger partial charge in [0.05, 0.1) is 12.1 Å². The number of fused-ring (bicyclic) bond motifs is 1. The number of thiophene rings is 1. The van der Waals surface area contributed by atoms with Crippen molar-refractivity contribution in [3.8, 4) is 0 Å². The fourth-order valence-electron chi connectivity index (χ4n) is 6.53. The molecule has 0 radical (unpaired) electrons. The summed E-state index contributed by atoms with van der Waals surface area (Å²) >= 11 is 1.83. The Morgan fingerprint density at radius 2 is 1.61 bits per heavy atom. The summed E-state index contributed by atoms with van der Waals surface area (Å²) in [5.74, 6) is 0.901. The van der Waals surface area contributed by atoms with Crippen LogP contribution in [-0.4, -0.2) is 65.3 Å². The van der Waals surface area contributed by atoms with Crippen molar-refractivity contribution >= 4 is 23.2 Å². The molecule has 198 valence electrons. The maximum atomic E-state index is 13.9. The zero-order valence-corrected chi connectivity index (χ0v) is 23.2. The molecule has 2 amide bonds. The summed E-state index contributed by atoms with van der Waals surface area (Å²) in [6.45, 7) is 7.82. The maximum Gasteiger partial charge on any atom is 0.239 e. The van der Waals surface area contributed by atoms with Crippen LogP contribution < -0.4 is 0 Å². The first-order valence-corrected chi connectivity index (χ1v) is 14.9. The summed E-state index contributed by atoms with van der Waals surface area (Å²) in [5.41, 5.74) is 5.17. The number of aryl methyl sites for hydroxylation is 1. The summed E-state index contributed by atoms with van der Waals surface area (Å²) in [5, 5.41) is 2.19. The van der Waals surface area contributed by atoms with E-state index in [0.29, 0.717) is 25.6 Å².